The molecule has 2 atom stereocenters. The number of hydrogen-bond donors (Lipinski definition) is 1. The van der Waals surface area contributed by atoms with Crippen LogP contribution in [0, 0.1) is 11.8 Å². The van der Waals surface area contributed by atoms with Crippen LogP contribution in [0.25, 0.3) is 0 Å². The number of carbonyl (C=O) groups excluding carboxylic acids is 1. The summed E-state index contributed by atoms with van der Waals surface area (Å²) in [4.78, 5) is 17.9. The first kappa shape index (κ1) is 11.1. The Labute approximate surface area is 95.7 Å². The summed E-state index contributed by atoms with van der Waals surface area (Å²) in [6, 6.07) is 3.70. The highest BCUT2D eigenvalue weighted by atomic mass is 16.2. The summed E-state index contributed by atoms with van der Waals surface area (Å²) in [5.41, 5.74) is 0.902. The van der Waals surface area contributed by atoms with Crippen molar-refractivity contribution in [2.24, 2.45) is 11.8 Å². The third kappa shape index (κ3) is 2.07. The lowest BCUT2D eigenvalue weighted by molar-refractivity contribution is -0.122. The van der Waals surface area contributed by atoms with Crippen LogP contribution in [0.4, 0.5) is 5.69 Å². The lowest BCUT2D eigenvalue weighted by Crippen LogP contribution is -2.36. The van der Waals surface area contributed by atoms with Gasteiger partial charge in [-0.05, 0) is 24.6 Å². The van der Waals surface area contributed by atoms with Gasteiger partial charge in [0.05, 0.1) is 5.92 Å². The topological polar surface area (TPSA) is 45.2 Å². The Morgan fingerprint density at radius 2 is 2.12 bits per heavy atom. The summed E-state index contributed by atoms with van der Waals surface area (Å²) in [6.07, 6.45) is 3.41. The van der Waals surface area contributed by atoms with Crippen LogP contribution < -0.4 is 10.2 Å². The first-order valence-electron chi connectivity index (χ1n) is 5.58. The molecule has 0 radical (unpaired) electrons. The maximum Gasteiger partial charge on any atom is 0.231 e. The lowest BCUT2D eigenvalue weighted by Gasteiger charge is -2.22. The molecule has 1 aliphatic rings. The molecule has 4 heteroatoms. The summed E-state index contributed by atoms with van der Waals surface area (Å²) in [5, 5.41) is 3.25. The Morgan fingerprint density at radius 1 is 1.44 bits per heavy atom. The molecule has 0 saturated carbocycles. The normalized spacial score (nSPS) is 24.4. The van der Waals surface area contributed by atoms with Gasteiger partial charge in [-0.1, -0.05) is 6.92 Å². The van der Waals surface area contributed by atoms with Crippen molar-refractivity contribution in [1.29, 1.82) is 0 Å². The van der Waals surface area contributed by atoms with E-state index in [1.54, 1.807) is 17.3 Å². The molecule has 16 heavy (non-hydrogen) atoms. The van der Waals surface area contributed by atoms with Gasteiger partial charge < -0.3 is 10.2 Å². The summed E-state index contributed by atoms with van der Waals surface area (Å²) in [6.45, 7) is 3.83. The van der Waals surface area contributed by atoms with E-state index in [2.05, 4.69) is 17.2 Å². The average molecular weight is 219 g/mol. The Kier molecular flexibility index (Phi) is 3.19. The van der Waals surface area contributed by atoms with E-state index >= 15 is 0 Å². The number of nitrogens with one attached hydrogen (secondary N) is 1. The van der Waals surface area contributed by atoms with Gasteiger partial charge in [0.15, 0.2) is 0 Å². The maximum atomic E-state index is 12.2. The van der Waals surface area contributed by atoms with Crippen molar-refractivity contribution >= 4 is 11.6 Å². The largest absolute Gasteiger partial charge is 0.316 e. The summed E-state index contributed by atoms with van der Waals surface area (Å²) in [5.74, 6) is 0.693. The van der Waals surface area contributed by atoms with E-state index in [1.165, 1.54) is 0 Å². The van der Waals surface area contributed by atoms with E-state index in [1.807, 2.05) is 19.2 Å². The Hall–Kier alpha value is -1.42. The fourth-order valence-corrected chi connectivity index (χ4v) is 2.08. The number of nitrogens with zero attached hydrogens (tertiary/aromatic N) is 2. The molecular formula is C12H17N3O. The minimum absolute atomic E-state index is 0.0955. The third-order valence-corrected chi connectivity index (χ3v) is 3.22. The summed E-state index contributed by atoms with van der Waals surface area (Å²) >= 11 is 0. The molecule has 0 spiro atoms. The number of hydrogen-bond acceptors (Lipinski definition) is 3. The molecule has 0 unspecified atom stereocenters. The molecule has 1 aliphatic heterocycles. The third-order valence-electron chi connectivity index (χ3n) is 3.22. The SMILES string of the molecule is C[C@@H]1CNC[C@H]1C(=O)N(C)c1ccncc1. The van der Waals surface area contributed by atoms with Crippen LogP contribution in [-0.2, 0) is 4.79 Å². The molecule has 0 bridgehead atoms. The van der Waals surface area contributed by atoms with Gasteiger partial charge in [-0.3, -0.25) is 9.78 Å². The fraction of sp³-hybridized carbons (Fsp3) is 0.500. The number of anilines is 1. The van der Waals surface area contributed by atoms with Crippen molar-refractivity contribution in [3.63, 3.8) is 0 Å². The quantitative estimate of drug-likeness (QED) is 0.803. The van der Waals surface area contributed by atoms with E-state index < -0.39 is 0 Å². The Morgan fingerprint density at radius 3 is 2.69 bits per heavy atom. The van der Waals surface area contributed by atoms with E-state index in [9.17, 15) is 4.79 Å². The molecule has 1 fully saturated rings. The van der Waals surface area contributed by atoms with Crippen molar-refractivity contribution in [3.8, 4) is 0 Å². The van der Waals surface area contributed by atoms with E-state index in [4.69, 9.17) is 0 Å². The lowest BCUT2D eigenvalue weighted by atomic mass is 9.96. The first-order chi connectivity index (χ1) is 7.70. The molecule has 1 saturated heterocycles. The predicted octanol–water partition coefficient (Wildman–Crippen LogP) is 0.900. The molecule has 0 aliphatic carbocycles. The van der Waals surface area contributed by atoms with Gasteiger partial charge in [0, 0.05) is 31.7 Å². The van der Waals surface area contributed by atoms with E-state index in [0.29, 0.717) is 5.92 Å². The standard InChI is InChI=1S/C12H17N3O/c1-9-7-14-8-11(9)12(16)15(2)10-3-5-13-6-4-10/h3-6,9,11,14H,7-8H2,1-2H3/t9-,11-/m1/s1. The molecule has 1 amide bonds. The smallest absolute Gasteiger partial charge is 0.231 e. The minimum atomic E-state index is 0.0955. The van der Waals surface area contributed by atoms with Crippen LogP contribution in [0.5, 0.6) is 0 Å². The molecule has 4 nitrogen and oxygen atoms in total. The van der Waals surface area contributed by atoms with Crippen LogP contribution in [-0.4, -0.2) is 31.0 Å². The highest BCUT2D eigenvalue weighted by Gasteiger charge is 2.31. The van der Waals surface area contributed by atoms with Crippen LogP contribution in [0.3, 0.4) is 0 Å². The van der Waals surface area contributed by atoms with Gasteiger partial charge in [-0.15, -0.1) is 0 Å². The van der Waals surface area contributed by atoms with Crippen molar-refractivity contribution in [2.45, 2.75) is 6.92 Å². The average Bonchev–Trinajstić information content (AvgIpc) is 2.75. The minimum Gasteiger partial charge on any atom is -0.316 e. The van der Waals surface area contributed by atoms with Crippen LogP contribution in [0.2, 0.25) is 0 Å². The zero-order valence-electron chi connectivity index (χ0n) is 9.68. The van der Waals surface area contributed by atoms with Gasteiger partial charge in [0.2, 0.25) is 5.91 Å². The zero-order valence-corrected chi connectivity index (χ0v) is 9.68. The van der Waals surface area contributed by atoms with Crippen LogP contribution in [0.1, 0.15) is 6.92 Å². The molecule has 2 rings (SSSR count). The molecule has 0 aromatic carbocycles. The van der Waals surface area contributed by atoms with Crippen LogP contribution >= 0.6 is 0 Å². The van der Waals surface area contributed by atoms with E-state index in [-0.39, 0.29) is 11.8 Å². The second-order valence-electron chi connectivity index (χ2n) is 4.34. The number of carbonyl (C=O) groups is 1. The maximum absolute atomic E-state index is 12.2. The predicted molar refractivity (Wildman–Crippen MR) is 63.2 cm³/mol. The Balaban J connectivity index is 2.10. The summed E-state index contributed by atoms with van der Waals surface area (Å²) < 4.78 is 0. The number of aromatic nitrogens is 1. The molecule has 2 heterocycles. The molecule has 86 valence electrons. The number of amides is 1. The van der Waals surface area contributed by atoms with Gasteiger partial charge in [-0.2, -0.15) is 0 Å². The van der Waals surface area contributed by atoms with Gasteiger partial charge >= 0.3 is 0 Å². The monoisotopic (exact) mass is 219 g/mol. The Bertz CT molecular complexity index is 366. The number of rotatable bonds is 2. The van der Waals surface area contributed by atoms with Gasteiger partial charge in [0.25, 0.3) is 0 Å². The first-order valence-corrected chi connectivity index (χ1v) is 5.58. The molecular weight excluding hydrogens is 202 g/mol. The number of pyridine rings is 1. The molecule has 1 aromatic rings. The summed E-state index contributed by atoms with van der Waals surface area (Å²) in [7, 11) is 1.82. The van der Waals surface area contributed by atoms with Crippen molar-refractivity contribution in [3.05, 3.63) is 24.5 Å². The van der Waals surface area contributed by atoms with Crippen molar-refractivity contribution in [1.82, 2.24) is 10.3 Å². The molecule has 1 aromatic heterocycles. The van der Waals surface area contributed by atoms with Crippen LogP contribution in [0.15, 0.2) is 24.5 Å². The highest BCUT2D eigenvalue weighted by Crippen LogP contribution is 2.21. The second kappa shape index (κ2) is 4.61. The second-order valence-corrected chi connectivity index (χ2v) is 4.34. The highest BCUT2D eigenvalue weighted by molar-refractivity contribution is 5.94. The van der Waals surface area contributed by atoms with Gasteiger partial charge in [0.1, 0.15) is 0 Å². The van der Waals surface area contributed by atoms with Gasteiger partial charge in [-0.25, -0.2) is 0 Å². The van der Waals surface area contributed by atoms with Crippen molar-refractivity contribution < 1.29 is 4.79 Å². The zero-order chi connectivity index (χ0) is 11.5. The van der Waals surface area contributed by atoms with Crippen molar-refractivity contribution in [2.75, 3.05) is 25.0 Å². The molecule has 1 N–H and O–H groups in total. The van der Waals surface area contributed by atoms with E-state index in [0.717, 1.165) is 18.8 Å². The fourth-order valence-electron chi connectivity index (χ4n) is 2.08.